The molecule has 0 amide bonds. The van der Waals surface area contributed by atoms with E-state index >= 15 is 0 Å². The van der Waals surface area contributed by atoms with E-state index in [0.717, 1.165) is 29.9 Å². The van der Waals surface area contributed by atoms with Gasteiger partial charge in [-0.2, -0.15) is 0 Å². The van der Waals surface area contributed by atoms with Crippen LogP contribution in [0, 0.1) is 0 Å². The highest BCUT2D eigenvalue weighted by molar-refractivity contribution is 9.11. The summed E-state index contributed by atoms with van der Waals surface area (Å²) in [6.07, 6.45) is 6.90. The van der Waals surface area contributed by atoms with Crippen LogP contribution in [0.5, 0.6) is 11.5 Å². The number of ether oxygens (including phenoxy) is 1. The van der Waals surface area contributed by atoms with Gasteiger partial charge in [0.15, 0.2) is 0 Å². The second-order valence-corrected chi connectivity index (χ2v) is 15.1. The van der Waals surface area contributed by atoms with Crippen LogP contribution in [0.25, 0.3) is 6.08 Å². The summed E-state index contributed by atoms with van der Waals surface area (Å²) in [5.41, 5.74) is 2.69. The van der Waals surface area contributed by atoms with Gasteiger partial charge < -0.3 is 9.16 Å². The molecular weight excluding hydrogens is 404 g/mol. The Morgan fingerprint density at radius 3 is 2.12 bits per heavy atom. The summed E-state index contributed by atoms with van der Waals surface area (Å²) in [6, 6.07) is 6.41. The van der Waals surface area contributed by atoms with Crippen molar-refractivity contribution in [2.45, 2.75) is 89.5 Å². The first kappa shape index (κ1) is 20.0. The Morgan fingerprint density at radius 1 is 1.00 bits per heavy atom. The summed E-state index contributed by atoms with van der Waals surface area (Å²) in [6.45, 7) is 14.0. The fraction of sp³-hybridized carbons (Fsp3) is 0.636. The number of fused-ring (bicyclic) bond motifs is 1. The number of hydrogen-bond donors (Lipinski definition) is 0. The van der Waals surface area contributed by atoms with E-state index < -0.39 is 8.32 Å². The first-order valence-corrected chi connectivity index (χ1v) is 13.0. The molecular formula is C22H33BrO2Si. The molecule has 1 saturated carbocycles. The van der Waals surface area contributed by atoms with Crippen molar-refractivity contribution in [1.29, 1.82) is 0 Å². The summed E-state index contributed by atoms with van der Waals surface area (Å²) in [5, 5.41) is 0. The van der Waals surface area contributed by atoms with Crippen LogP contribution in [0.3, 0.4) is 0 Å². The predicted octanol–water partition coefficient (Wildman–Crippen LogP) is 7.68. The molecule has 144 valence electrons. The minimum Gasteiger partial charge on any atom is -0.543 e. The molecule has 1 aromatic carbocycles. The first-order valence-electron chi connectivity index (χ1n) is 10.1. The third-order valence-electron chi connectivity index (χ3n) is 6.42. The Bertz CT molecular complexity index is 666. The first-order chi connectivity index (χ1) is 12.2. The number of hydrogen-bond acceptors (Lipinski definition) is 2. The molecule has 0 unspecified atom stereocenters. The maximum atomic E-state index is 6.86. The zero-order valence-corrected chi connectivity index (χ0v) is 19.7. The fourth-order valence-corrected chi connectivity index (χ4v) is 11.1. The average molecular weight is 437 g/mol. The van der Waals surface area contributed by atoms with Gasteiger partial charge in [0, 0.05) is 16.1 Å². The zero-order valence-electron chi connectivity index (χ0n) is 17.1. The van der Waals surface area contributed by atoms with Gasteiger partial charge in [-0.05, 0) is 60.5 Å². The third kappa shape index (κ3) is 3.28. The molecule has 4 heteroatoms. The standard InChI is InChI=1S/C22H33BrO2Si/c1-15(2)26(16(3)4,17(5)6)25-19-10-9-18-13-21(23)22(11-7-8-12-22)24-20(18)14-19/h9-10,13-17H,7-8,11-12H2,1-6H3. The topological polar surface area (TPSA) is 18.5 Å². The number of halogens is 1. The zero-order chi connectivity index (χ0) is 19.1. The molecule has 0 bridgehead atoms. The van der Waals surface area contributed by atoms with Crippen LogP contribution < -0.4 is 9.16 Å². The molecule has 0 N–H and O–H groups in total. The second kappa shape index (κ2) is 7.35. The van der Waals surface area contributed by atoms with E-state index in [0.29, 0.717) is 16.6 Å². The highest BCUT2D eigenvalue weighted by Crippen LogP contribution is 2.49. The van der Waals surface area contributed by atoms with Crippen molar-refractivity contribution >= 4 is 30.3 Å². The number of benzene rings is 1. The van der Waals surface area contributed by atoms with E-state index in [1.165, 1.54) is 17.3 Å². The minimum absolute atomic E-state index is 0.145. The Kier molecular flexibility index (Phi) is 5.65. The predicted molar refractivity (Wildman–Crippen MR) is 117 cm³/mol. The van der Waals surface area contributed by atoms with E-state index in [1.807, 2.05) is 0 Å². The van der Waals surface area contributed by atoms with E-state index in [2.05, 4.69) is 81.7 Å². The van der Waals surface area contributed by atoms with Crippen LogP contribution in [0.2, 0.25) is 16.6 Å². The second-order valence-electron chi connectivity index (χ2n) is 8.92. The van der Waals surface area contributed by atoms with Crippen molar-refractivity contribution in [2.75, 3.05) is 0 Å². The fourth-order valence-electron chi connectivity index (χ4n) is 5.16. The highest BCUT2D eigenvalue weighted by atomic mass is 79.9. The van der Waals surface area contributed by atoms with Gasteiger partial charge in [-0.15, -0.1) is 0 Å². The summed E-state index contributed by atoms with van der Waals surface area (Å²) in [7, 11) is -1.95. The van der Waals surface area contributed by atoms with Crippen molar-refractivity contribution in [2.24, 2.45) is 0 Å². The summed E-state index contributed by atoms with van der Waals surface area (Å²) in [5.74, 6) is 1.96. The van der Waals surface area contributed by atoms with Crippen LogP contribution in [0.4, 0.5) is 0 Å². The van der Waals surface area contributed by atoms with Crippen molar-refractivity contribution in [1.82, 2.24) is 0 Å². The Labute approximate surface area is 168 Å². The molecule has 2 aliphatic rings. The lowest BCUT2D eigenvalue weighted by Crippen LogP contribution is -2.50. The van der Waals surface area contributed by atoms with Gasteiger partial charge in [0.25, 0.3) is 8.32 Å². The monoisotopic (exact) mass is 436 g/mol. The molecule has 2 nitrogen and oxygen atoms in total. The van der Waals surface area contributed by atoms with E-state index in [-0.39, 0.29) is 5.60 Å². The van der Waals surface area contributed by atoms with Gasteiger partial charge >= 0.3 is 0 Å². The molecule has 26 heavy (non-hydrogen) atoms. The lowest BCUT2D eigenvalue weighted by Gasteiger charge is -2.42. The average Bonchev–Trinajstić information content (AvgIpc) is 3.02. The third-order valence-corrected chi connectivity index (χ3v) is 13.4. The Morgan fingerprint density at radius 2 is 1.58 bits per heavy atom. The maximum Gasteiger partial charge on any atom is 0.258 e. The van der Waals surface area contributed by atoms with Crippen LogP contribution in [-0.4, -0.2) is 13.9 Å². The van der Waals surface area contributed by atoms with E-state index in [4.69, 9.17) is 9.16 Å². The van der Waals surface area contributed by atoms with E-state index in [1.54, 1.807) is 0 Å². The molecule has 1 aliphatic carbocycles. The Balaban J connectivity index is 1.95. The van der Waals surface area contributed by atoms with Crippen molar-refractivity contribution in [3.63, 3.8) is 0 Å². The molecule has 3 rings (SSSR count). The van der Waals surface area contributed by atoms with Crippen LogP contribution >= 0.6 is 15.9 Å². The summed E-state index contributed by atoms with van der Waals surface area (Å²) >= 11 is 3.78. The molecule has 1 fully saturated rings. The Hall–Kier alpha value is -0.743. The van der Waals surface area contributed by atoms with Gasteiger partial charge in [-0.3, -0.25) is 0 Å². The molecule has 1 spiro atoms. The van der Waals surface area contributed by atoms with Gasteiger partial charge in [-0.1, -0.05) is 57.5 Å². The van der Waals surface area contributed by atoms with Crippen LogP contribution in [0.1, 0.15) is 72.8 Å². The normalized spacial score (nSPS) is 19.1. The van der Waals surface area contributed by atoms with Gasteiger partial charge in [-0.25, -0.2) is 0 Å². The van der Waals surface area contributed by atoms with Crippen molar-refractivity contribution in [3.8, 4) is 11.5 Å². The molecule has 1 aliphatic heterocycles. The van der Waals surface area contributed by atoms with Crippen molar-refractivity contribution in [3.05, 3.63) is 28.2 Å². The molecule has 0 atom stereocenters. The smallest absolute Gasteiger partial charge is 0.258 e. The van der Waals surface area contributed by atoms with Crippen molar-refractivity contribution < 1.29 is 9.16 Å². The number of rotatable bonds is 5. The molecule has 1 aromatic rings. The minimum atomic E-state index is -1.95. The van der Waals surface area contributed by atoms with Crippen LogP contribution in [0.15, 0.2) is 22.7 Å². The summed E-state index contributed by atoms with van der Waals surface area (Å²) in [4.78, 5) is 0. The molecule has 0 saturated heterocycles. The molecule has 1 heterocycles. The lowest BCUT2D eigenvalue weighted by molar-refractivity contribution is 0.122. The lowest BCUT2D eigenvalue weighted by atomic mass is 9.96. The summed E-state index contributed by atoms with van der Waals surface area (Å²) < 4.78 is 14.6. The van der Waals surface area contributed by atoms with Gasteiger partial charge in [0.2, 0.25) is 0 Å². The maximum absolute atomic E-state index is 6.86. The SMILES string of the molecule is CC(C)[Si](Oc1ccc2c(c1)OC1(CCCC1)C(Br)=C2)(C(C)C)C(C)C. The van der Waals surface area contributed by atoms with Crippen LogP contribution in [-0.2, 0) is 0 Å². The largest absolute Gasteiger partial charge is 0.543 e. The molecule has 0 radical (unpaired) electrons. The highest BCUT2D eigenvalue weighted by Gasteiger charge is 2.47. The quantitative estimate of drug-likeness (QED) is 0.440. The van der Waals surface area contributed by atoms with Gasteiger partial charge in [0.1, 0.15) is 17.1 Å². The van der Waals surface area contributed by atoms with E-state index in [9.17, 15) is 0 Å². The molecule has 0 aromatic heterocycles. The van der Waals surface area contributed by atoms with Gasteiger partial charge in [0.05, 0.1) is 0 Å².